The molecule has 0 amide bonds. The van der Waals surface area contributed by atoms with Gasteiger partial charge in [-0.3, -0.25) is 0 Å². The molecule has 0 spiro atoms. The molecule has 0 unspecified atom stereocenters. The summed E-state index contributed by atoms with van der Waals surface area (Å²) in [7, 11) is -0.892. The fourth-order valence-electron chi connectivity index (χ4n) is 4.36. The van der Waals surface area contributed by atoms with Gasteiger partial charge < -0.3 is 17.2 Å². The topological polar surface area (TPSA) is 17.1 Å². The first-order valence-corrected chi connectivity index (χ1v) is 15.8. The molecule has 0 saturated carbocycles. The molecule has 0 aromatic heterocycles. The van der Waals surface area contributed by atoms with E-state index in [4.69, 9.17) is 4.79 Å². The van der Waals surface area contributed by atoms with Crippen LogP contribution in [0.3, 0.4) is 0 Å². The van der Waals surface area contributed by atoms with Crippen molar-refractivity contribution in [2.45, 2.75) is 0 Å². The molecule has 0 atom stereocenters. The van der Waals surface area contributed by atoms with Gasteiger partial charge in [-0.1, -0.05) is 182 Å². The molecule has 0 aliphatic carbocycles. The zero-order valence-corrected chi connectivity index (χ0v) is 27.2. The van der Waals surface area contributed by atoms with Crippen LogP contribution < -0.4 is 44.2 Å². The zero-order valence-electron chi connectivity index (χ0n) is 23.0. The van der Waals surface area contributed by atoms with Crippen LogP contribution in [-0.2, 0) is 24.3 Å². The summed E-state index contributed by atoms with van der Waals surface area (Å²) in [6, 6.07) is 64.7. The Balaban J connectivity index is 0.000000265. The number of carbonyl (C=O) groups excluding carboxylic acids is 1. The first kappa shape index (κ1) is 35.0. The molecule has 42 heavy (non-hydrogen) atoms. The second kappa shape index (κ2) is 19.8. The van der Waals surface area contributed by atoms with Crippen LogP contribution in [0.4, 0.5) is 0 Å². The van der Waals surface area contributed by atoms with Crippen molar-refractivity contribution in [3.63, 3.8) is 0 Å². The Hall–Kier alpha value is -3.24. The second-order valence-corrected chi connectivity index (χ2v) is 13.1. The molecule has 0 bridgehead atoms. The van der Waals surface area contributed by atoms with Crippen molar-refractivity contribution in [2.75, 3.05) is 0 Å². The maximum Gasteiger partial charge on any atom is 1.00 e. The molecule has 1 nitrogen and oxygen atoms in total. The van der Waals surface area contributed by atoms with Crippen molar-refractivity contribution in [1.82, 2.24) is 0 Å². The zero-order chi connectivity index (χ0) is 27.8. The van der Waals surface area contributed by atoms with E-state index in [-0.39, 0.29) is 31.9 Å². The number of rotatable bonds is 6. The molecule has 0 saturated heterocycles. The third kappa shape index (κ3) is 9.94. The summed E-state index contributed by atoms with van der Waals surface area (Å²) in [4.78, 5) is 8.00. The van der Waals surface area contributed by atoms with Gasteiger partial charge in [0, 0.05) is 0 Å². The summed E-state index contributed by atoms with van der Waals surface area (Å²) >= 11 is 0. The van der Waals surface area contributed by atoms with E-state index in [2.05, 4.69) is 182 Å². The second-order valence-electron chi connectivity index (χ2n) is 8.68. The molecule has 5 heteroatoms. The quantitative estimate of drug-likeness (QED) is 0.192. The van der Waals surface area contributed by atoms with E-state index in [1.54, 1.807) is 0 Å². The van der Waals surface area contributed by atoms with E-state index >= 15 is 0 Å². The largest absolute Gasteiger partial charge is 1.00 e. The summed E-state index contributed by atoms with van der Waals surface area (Å²) in [5, 5.41) is 8.39. The van der Waals surface area contributed by atoms with Crippen molar-refractivity contribution in [2.24, 2.45) is 0 Å². The molecule has 0 radical (unpaired) electrons. The molecule has 6 aromatic rings. The number of halogens is 1. The molecule has 6 rings (SSSR count). The SMILES string of the molecule is C=O.[Cl-].[Rh+].c1ccc(P(c2ccccc2)c2ccccc2)cc1.c1ccc(P(c2ccccc2)c2ccccc2)cc1. The predicted octanol–water partition coefficient (Wildman–Crippen LogP) is 3.71. The van der Waals surface area contributed by atoms with Gasteiger partial charge in [0.25, 0.3) is 0 Å². The molecule has 0 aliphatic heterocycles. The minimum absolute atomic E-state index is 0. The van der Waals surface area contributed by atoms with E-state index in [1.807, 2.05) is 6.79 Å². The van der Waals surface area contributed by atoms with Gasteiger partial charge in [0.15, 0.2) is 0 Å². The Kier molecular flexibility index (Phi) is 16.5. The van der Waals surface area contributed by atoms with E-state index in [0.717, 1.165) is 0 Å². The van der Waals surface area contributed by atoms with Crippen molar-refractivity contribution >= 4 is 54.5 Å². The number of hydrogen-bond acceptors (Lipinski definition) is 1. The minimum Gasteiger partial charge on any atom is -1.00 e. The van der Waals surface area contributed by atoms with Gasteiger partial charge in [-0.15, -0.1) is 0 Å². The first-order valence-electron chi connectivity index (χ1n) is 13.1. The predicted molar refractivity (Wildman–Crippen MR) is 177 cm³/mol. The molecule has 6 aromatic carbocycles. The van der Waals surface area contributed by atoms with Crippen LogP contribution in [-0.4, -0.2) is 6.79 Å². The van der Waals surface area contributed by atoms with Gasteiger partial charge in [0.05, 0.1) is 0 Å². The Morgan fingerprint density at radius 3 is 0.524 bits per heavy atom. The third-order valence-corrected chi connectivity index (χ3v) is 11.0. The third-order valence-electron chi connectivity index (χ3n) is 6.09. The maximum absolute atomic E-state index is 8.00. The Morgan fingerprint density at radius 1 is 0.286 bits per heavy atom. The summed E-state index contributed by atoms with van der Waals surface area (Å²) in [6.07, 6.45) is 0. The summed E-state index contributed by atoms with van der Waals surface area (Å²) < 4.78 is 0. The van der Waals surface area contributed by atoms with Crippen LogP contribution in [0.5, 0.6) is 0 Å². The van der Waals surface area contributed by atoms with Gasteiger partial charge in [0.2, 0.25) is 0 Å². The van der Waals surface area contributed by atoms with E-state index in [1.165, 1.54) is 31.8 Å². The van der Waals surface area contributed by atoms with Gasteiger partial charge >= 0.3 is 19.5 Å². The summed E-state index contributed by atoms with van der Waals surface area (Å²) in [6.45, 7) is 2.00. The van der Waals surface area contributed by atoms with Crippen LogP contribution in [0, 0.1) is 0 Å². The Morgan fingerprint density at radius 2 is 0.405 bits per heavy atom. The van der Waals surface area contributed by atoms with E-state index in [9.17, 15) is 0 Å². The van der Waals surface area contributed by atoms with Crippen molar-refractivity contribution < 1.29 is 36.7 Å². The summed E-state index contributed by atoms with van der Waals surface area (Å²) in [5.74, 6) is 0. The summed E-state index contributed by atoms with van der Waals surface area (Å²) in [5.41, 5.74) is 0. The standard InChI is InChI=1S/2C18H15P.CH2O.ClH.Rh/c2*1-4-10-16(11-5-1)19(17-12-6-2-7-13-17)18-14-8-3-9-15-18;1-2;;/h2*1-15H;1H2;1H;/q;;;;+1/p-1. The number of benzene rings is 6. The van der Waals surface area contributed by atoms with E-state index < -0.39 is 15.8 Å². The molecule has 212 valence electrons. The molecule has 0 aliphatic rings. The first-order chi connectivity index (χ1) is 19.9. The fourth-order valence-corrected chi connectivity index (χ4v) is 8.97. The maximum atomic E-state index is 8.00. The smallest absolute Gasteiger partial charge is 1.00 e. The van der Waals surface area contributed by atoms with E-state index in [0.29, 0.717) is 0 Å². The molecule has 0 heterocycles. The molecule has 0 N–H and O–H groups in total. The van der Waals surface area contributed by atoms with Crippen LogP contribution >= 0.6 is 15.8 Å². The van der Waals surface area contributed by atoms with Gasteiger partial charge in [-0.25, -0.2) is 0 Å². The molecular weight excluding hydrogens is 661 g/mol. The average molecular weight is 693 g/mol. The molecule has 0 fully saturated rings. The van der Waals surface area contributed by atoms with Gasteiger partial charge in [0.1, 0.15) is 6.79 Å². The minimum atomic E-state index is -0.446. The van der Waals surface area contributed by atoms with Crippen molar-refractivity contribution in [1.29, 1.82) is 0 Å². The Bertz CT molecular complexity index is 1200. The monoisotopic (exact) mass is 692 g/mol. The van der Waals surface area contributed by atoms with Crippen LogP contribution in [0.2, 0.25) is 0 Å². The number of carbonyl (C=O) groups is 1. The molecular formula is C37H32ClOP2Rh. The van der Waals surface area contributed by atoms with Crippen molar-refractivity contribution in [3.05, 3.63) is 182 Å². The van der Waals surface area contributed by atoms with Crippen LogP contribution in [0.1, 0.15) is 0 Å². The average Bonchev–Trinajstić information content (AvgIpc) is 3.06. The van der Waals surface area contributed by atoms with Crippen LogP contribution in [0.25, 0.3) is 0 Å². The van der Waals surface area contributed by atoms with Crippen LogP contribution in [0.15, 0.2) is 182 Å². The van der Waals surface area contributed by atoms with Gasteiger partial charge in [-0.2, -0.15) is 0 Å². The van der Waals surface area contributed by atoms with Crippen molar-refractivity contribution in [3.8, 4) is 0 Å². The number of hydrogen-bond donors (Lipinski definition) is 0. The normalized spacial score (nSPS) is 9.67. The van der Waals surface area contributed by atoms with Gasteiger partial charge in [-0.05, 0) is 47.7 Å². The fraction of sp³-hybridized carbons (Fsp3) is 0. The Labute approximate surface area is 271 Å².